The highest BCUT2D eigenvalue weighted by molar-refractivity contribution is 9.11. The molecule has 0 radical (unpaired) electrons. The number of thiazole rings is 1. The van der Waals surface area contributed by atoms with Crippen molar-refractivity contribution in [2.24, 2.45) is 0 Å². The van der Waals surface area contributed by atoms with Gasteiger partial charge in [-0.1, -0.05) is 0 Å². The fourth-order valence-electron chi connectivity index (χ4n) is 1.53. The molecule has 21 heavy (non-hydrogen) atoms. The van der Waals surface area contributed by atoms with Crippen molar-refractivity contribution in [1.82, 2.24) is 10.3 Å². The van der Waals surface area contributed by atoms with Crippen LogP contribution < -0.4 is 5.32 Å². The highest BCUT2D eigenvalue weighted by atomic mass is 79.9. The Bertz CT molecular complexity index is 621. The number of nitrogens with zero attached hydrogens (tertiary/aromatic N) is 1. The van der Waals surface area contributed by atoms with E-state index in [-0.39, 0.29) is 5.91 Å². The molecule has 2 aromatic heterocycles. The van der Waals surface area contributed by atoms with Crippen LogP contribution in [0.3, 0.4) is 0 Å². The molecule has 0 aliphatic rings. The van der Waals surface area contributed by atoms with Crippen LogP contribution in [0.25, 0.3) is 6.08 Å². The van der Waals surface area contributed by atoms with E-state index in [1.165, 1.54) is 11.0 Å². The molecule has 0 fully saturated rings. The third kappa shape index (κ3) is 6.34. The maximum atomic E-state index is 11.6. The quantitative estimate of drug-likeness (QED) is 0.553. The highest BCUT2D eigenvalue weighted by Crippen LogP contribution is 2.25. The Morgan fingerprint density at radius 3 is 3.05 bits per heavy atom. The van der Waals surface area contributed by atoms with Crippen molar-refractivity contribution in [3.8, 4) is 0 Å². The number of aryl methyl sites for hydroxylation is 1. The number of carbonyl (C=O) groups is 1. The molecule has 0 aliphatic heterocycles. The van der Waals surface area contributed by atoms with Crippen LogP contribution in [0, 0.1) is 6.92 Å². The van der Waals surface area contributed by atoms with E-state index < -0.39 is 0 Å². The average Bonchev–Trinajstić information content (AvgIpc) is 3.05. The van der Waals surface area contributed by atoms with Gasteiger partial charge in [0.25, 0.3) is 0 Å². The number of carbonyl (C=O) groups excluding carboxylic acids is 1. The summed E-state index contributed by atoms with van der Waals surface area (Å²) < 4.78 is 1.16. The first-order valence-corrected chi connectivity index (χ1v) is 9.98. The molecule has 0 spiro atoms. The van der Waals surface area contributed by atoms with Gasteiger partial charge in [-0.15, -0.1) is 22.7 Å². The number of hydrogen-bond acceptors (Lipinski definition) is 5. The number of thiophene rings is 1. The van der Waals surface area contributed by atoms with Crippen molar-refractivity contribution in [2.75, 3.05) is 12.3 Å². The van der Waals surface area contributed by atoms with Gasteiger partial charge in [0.05, 0.1) is 14.5 Å². The minimum absolute atomic E-state index is 0.0693. The van der Waals surface area contributed by atoms with Gasteiger partial charge < -0.3 is 5.32 Å². The smallest absolute Gasteiger partial charge is 0.244 e. The second-order valence-electron chi connectivity index (χ2n) is 4.17. The molecule has 1 amide bonds. The molecule has 0 saturated carbocycles. The number of hydrogen-bond donors (Lipinski definition) is 1. The van der Waals surface area contributed by atoms with Crippen LogP contribution in [-0.4, -0.2) is 23.2 Å². The zero-order valence-electron chi connectivity index (χ0n) is 11.5. The first-order chi connectivity index (χ1) is 10.1. The molecule has 3 nitrogen and oxygen atoms in total. The Morgan fingerprint density at radius 2 is 2.38 bits per heavy atom. The highest BCUT2D eigenvalue weighted by Gasteiger charge is 1.99. The van der Waals surface area contributed by atoms with Gasteiger partial charge in [-0.2, -0.15) is 11.8 Å². The van der Waals surface area contributed by atoms with Crippen molar-refractivity contribution in [3.63, 3.8) is 0 Å². The fourth-order valence-corrected chi connectivity index (χ4v) is 4.56. The van der Waals surface area contributed by atoms with Crippen LogP contribution in [-0.2, 0) is 10.5 Å². The van der Waals surface area contributed by atoms with Gasteiger partial charge in [-0.25, -0.2) is 4.98 Å². The number of rotatable bonds is 7. The Kier molecular flexibility index (Phi) is 6.95. The Balaban J connectivity index is 1.60. The summed E-state index contributed by atoms with van der Waals surface area (Å²) in [6.45, 7) is 2.63. The van der Waals surface area contributed by atoms with Crippen LogP contribution in [0.15, 0.2) is 27.4 Å². The summed E-state index contributed by atoms with van der Waals surface area (Å²) in [7, 11) is 0. The van der Waals surface area contributed by atoms with E-state index in [1.54, 1.807) is 28.7 Å². The molecule has 0 aromatic carbocycles. The Labute approximate surface area is 145 Å². The summed E-state index contributed by atoms with van der Waals surface area (Å²) in [6.07, 6.45) is 3.28. The standard InChI is InChI=1S/C14H15BrN2OS3/c1-10-17-11(8-20-10)2-5-14(18)16-6-7-19-9-12-3-4-13(15)21-12/h2-5,8H,6-7,9H2,1H3,(H,16,18). The maximum absolute atomic E-state index is 11.6. The molecule has 2 aromatic rings. The largest absolute Gasteiger partial charge is 0.352 e. The van der Waals surface area contributed by atoms with Gasteiger partial charge >= 0.3 is 0 Å². The van der Waals surface area contributed by atoms with E-state index >= 15 is 0 Å². The Morgan fingerprint density at radius 1 is 1.52 bits per heavy atom. The molecule has 0 saturated heterocycles. The molecule has 1 N–H and O–H groups in total. The molecule has 2 rings (SSSR count). The van der Waals surface area contributed by atoms with Crippen LogP contribution >= 0.6 is 50.4 Å². The summed E-state index contributed by atoms with van der Waals surface area (Å²) in [5.41, 5.74) is 0.838. The van der Waals surface area contributed by atoms with Gasteiger partial charge in [0.1, 0.15) is 0 Å². The monoisotopic (exact) mass is 402 g/mol. The van der Waals surface area contributed by atoms with Crippen molar-refractivity contribution in [2.45, 2.75) is 12.7 Å². The topological polar surface area (TPSA) is 42.0 Å². The minimum Gasteiger partial charge on any atom is -0.352 e. The summed E-state index contributed by atoms with van der Waals surface area (Å²) in [5, 5.41) is 5.82. The third-order valence-electron chi connectivity index (χ3n) is 2.46. The van der Waals surface area contributed by atoms with Crippen LogP contribution in [0.5, 0.6) is 0 Å². The van der Waals surface area contributed by atoms with Crippen molar-refractivity contribution < 1.29 is 4.79 Å². The Hall–Kier alpha value is -0.630. The van der Waals surface area contributed by atoms with Gasteiger partial charge in [-0.3, -0.25) is 4.79 Å². The summed E-state index contributed by atoms with van der Waals surface area (Å²) in [4.78, 5) is 17.2. The third-order valence-corrected chi connectivity index (χ3v) is 6.07. The first kappa shape index (κ1) is 16.7. The molecule has 0 atom stereocenters. The van der Waals surface area contributed by atoms with E-state index in [1.807, 2.05) is 24.1 Å². The number of aromatic nitrogens is 1. The van der Waals surface area contributed by atoms with Crippen molar-refractivity contribution >= 4 is 62.3 Å². The van der Waals surface area contributed by atoms with Crippen LogP contribution in [0.2, 0.25) is 0 Å². The number of nitrogens with one attached hydrogen (secondary N) is 1. The molecule has 0 unspecified atom stereocenters. The van der Waals surface area contributed by atoms with Crippen LogP contribution in [0.1, 0.15) is 15.6 Å². The summed E-state index contributed by atoms with van der Waals surface area (Å²) >= 11 is 8.60. The van der Waals surface area contributed by atoms with E-state index in [0.29, 0.717) is 6.54 Å². The zero-order valence-corrected chi connectivity index (χ0v) is 15.5. The SMILES string of the molecule is Cc1nc(C=CC(=O)NCCSCc2ccc(Br)s2)cs1. The summed E-state index contributed by atoms with van der Waals surface area (Å²) in [5.74, 6) is 1.82. The fraction of sp³-hybridized carbons (Fsp3) is 0.286. The van der Waals surface area contributed by atoms with Crippen molar-refractivity contribution in [1.29, 1.82) is 0 Å². The summed E-state index contributed by atoms with van der Waals surface area (Å²) in [6, 6.07) is 4.19. The lowest BCUT2D eigenvalue weighted by Gasteiger charge is -2.01. The lowest BCUT2D eigenvalue weighted by atomic mass is 10.4. The van der Waals surface area contributed by atoms with E-state index in [0.717, 1.165) is 26.0 Å². The lowest BCUT2D eigenvalue weighted by molar-refractivity contribution is -0.116. The zero-order chi connectivity index (χ0) is 15.1. The predicted molar refractivity (Wildman–Crippen MR) is 97.1 cm³/mol. The van der Waals surface area contributed by atoms with Crippen LogP contribution in [0.4, 0.5) is 0 Å². The van der Waals surface area contributed by atoms with Gasteiger partial charge in [0, 0.05) is 34.4 Å². The molecule has 112 valence electrons. The molecule has 0 bridgehead atoms. The normalized spacial score (nSPS) is 11.1. The number of thioether (sulfide) groups is 1. The van der Waals surface area contributed by atoms with Gasteiger partial charge in [0.15, 0.2) is 0 Å². The maximum Gasteiger partial charge on any atom is 0.244 e. The first-order valence-electron chi connectivity index (χ1n) is 6.33. The van der Waals surface area contributed by atoms with Crippen molar-refractivity contribution in [3.05, 3.63) is 43.0 Å². The average molecular weight is 403 g/mol. The second-order valence-corrected chi connectivity index (χ2v) is 8.89. The van der Waals surface area contributed by atoms with E-state index in [9.17, 15) is 4.79 Å². The van der Waals surface area contributed by atoms with Gasteiger partial charge in [0.2, 0.25) is 5.91 Å². The second kappa shape index (κ2) is 8.73. The van der Waals surface area contributed by atoms with E-state index in [2.05, 4.69) is 38.4 Å². The molecule has 2 heterocycles. The number of amides is 1. The number of halogens is 1. The molecular formula is C14H15BrN2OS3. The predicted octanol–water partition coefficient (Wildman–Crippen LogP) is 4.34. The lowest BCUT2D eigenvalue weighted by Crippen LogP contribution is -2.23. The molecule has 0 aliphatic carbocycles. The van der Waals surface area contributed by atoms with Gasteiger partial charge in [-0.05, 0) is 41.1 Å². The minimum atomic E-state index is -0.0693. The molecule has 7 heteroatoms. The van der Waals surface area contributed by atoms with E-state index in [4.69, 9.17) is 0 Å². The molecular weight excluding hydrogens is 388 g/mol.